The van der Waals surface area contributed by atoms with Crippen molar-refractivity contribution in [3.63, 3.8) is 0 Å². The van der Waals surface area contributed by atoms with Crippen molar-refractivity contribution in [2.24, 2.45) is 5.92 Å². The van der Waals surface area contributed by atoms with Gasteiger partial charge in [-0.25, -0.2) is 0 Å². The topological polar surface area (TPSA) is 57.6 Å². The summed E-state index contributed by atoms with van der Waals surface area (Å²) in [5, 5.41) is 8.96. The van der Waals surface area contributed by atoms with Crippen LogP contribution in [0.25, 0.3) is 0 Å². The number of carbonyl (C=O) groups excluding carboxylic acids is 1. The smallest absolute Gasteiger partial charge is 0.305 e. The quantitative estimate of drug-likeness (QED) is 0.886. The predicted molar refractivity (Wildman–Crippen MR) is 67.2 cm³/mol. The minimum absolute atomic E-state index is 0.00258. The summed E-state index contributed by atoms with van der Waals surface area (Å²) in [6.45, 7) is 4.42. The predicted octanol–water partition coefficient (Wildman–Crippen LogP) is 2.14. The number of nitrogens with zero attached hydrogens (tertiary/aromatic N) is 1. The Morgan fingerprint density at radius 3 is 2.61 bits per heavy atom. The van der Waals surface area contributed by atoms with Crippen LogP contribution in [0, 0.1) is 5.92 Å². The molecule has 0 bridgehead atoms. The fourth-order valence-corrected chi connectivity index (χ4v) is 2.43. The van der Waals surface area contributed by atoms with Crippen LogP contribution in [-0.4, -0.2) is 27.9 Å². The molecule has 0 radical (unpaired) electrons. The lowest BCUT2D eigenvalue weighted by Gasteiger charge is -2.29. The van der Waals surface area contributed by atoms with Gasteiger partial charge in [0.2, 0.25) is 0 Å². The highest BCUT2D eigenvalue weighted by molar-refractivity contribution is 5.98. The number of fused-ring (bicyclic) bond motifs is 1. The summed E-state index contributed by atoms with van der Waals surface area (Å²) in [5.74, 6) is -0.789. The minimum atomic E-state index is -0.863. The van der Waals surface area contributed by atoms with Gasteiger partial charge in [-0.15, -0.1) is 0 Å². The maximum Gasteiger partial charge on any atom is 0.305 e. The first-order chi connectivity index (χ1) is 8.50. The van der Waals surface area contributed by atoms with E-state index in [1.807, 2.05) is 32.0 Å². The number of rotatable bonds is 4. The van der Waals surface area contributed by atoms with Crippen molar-refractivity contribution >= 4 is 11.9 Å². The molecule has 1 aromatic carbocycles. The third-order valence-corrected chi connectivity index (χ3v) is 3.40. The molecule has 0 fully saturated rings. The van der Waals surface area contributed by atoms with Gasteiger partial charge in [-0.3, -0.25) is 9.59 Å². The summed E-state index contributed by atoms with van der Waals surface area (Å²) in [7, 11) is 0. The molecule has 2 rings (SSSR count). The molecule has 1 N–H and O–H groups in total. The van der Waals surface area contributed by atoms with Gasteiger partial charge in [-0.1, -0.05) is 32.0 Å². The molecule has 0 saturated heterocycles. The fourth-order valence-electron chi connectivity index (χ4n) is 2.43. The van der Waals surface area contributed by atoms with Crippen LogP contribution in [-0.2, 0) is 11.3 Å². The average Bonchev–Trinajstić information content (AvgIpc) is 2.64. The Bertz CT molecular complexity index is 482. The lowest BCUT2D eigenvalue weighted by molar-refractivity contribution is -0.138. The second kappa shape index (κ2) is 4.80. The molecule has 1 atom stereocenters. The Kier molecular flexibility index (Phi) is 3.36. The van der Waals surface area contributed by atoms with E-state index in [4.69, 9.17) is 5.11 Å². The zero-order chi connectivity index (χ0) is 13.3. The van der Waals surface area contributed by atoms with Gasteiger partial charge < -0.3 is 10.0 Å². The van der Waals surface area contributed by atoms with Crippen LogP contribution in [0.2, 0.25) is 0 Å². The number of carboxylic acid groups (broad SMARTS) is 1. The van der Waals surface area contributed by atoms with Crippen LogP contribution >= 0.6 is 0 Å². The van der Waals surface area contributed by atoms with Crippen molar-refractivity contribution in [2.45, 2.75) is 32.9 Å². The molecular formula is C14H17NO3. The first-order valence-electron chi connectivity index (χ1n) is 6.11. The molecule has 1 aliphatic rings. The lowest BCUT2D eigenvalue weighted by Crippen LogP contribution is -2.40. The molecular weight excluding hydrogens is 230 g/mol. The maximum absolute atomic E-state index is 12.3. The van der Waals surface area contributed by atoms with E-state index in [0.717, 1.165) is 5.56 Å². The van der Waals surface area contributed by atoms with E-state index < -0.39 is 5.97 Å². The standard InChI is InChI=1S/C14H17NO3/c1-9(2)12(7-13(16)17)15-8-10-5-3-4-6-11(10)14(15)18/h3-6,9,12H,7-8H2,1-2H3,(H,16,17)/t12-/m0/s1. The zero-order valence-electron chi connectivity index (χ0n) is 10.6. The van der Waals surface area contributed by atoms with E-state index >= 15 is 0 Å². The first kappa shape index (κ1) is 12.6. The molecule has 0 aliphatic carbocycles. The van der Waals surface area contributed by atoms with Crippen LogP contribution < -0.4 is 0 Å². The number of benzene rings is 1. The number of carbonyl (C=O) groups is 2. The molecule has 1 heterocycles. The average molecular weight is 247 g/mol. The largest absolute Gasteiger partial charge is 0.481 e. The highest BCUT2D eigenvalue weighted by atomic mass is 16.4. The summed E-state index contributed by atoms with van der Waals surface area (Å²) in [6, 6.07) is 7.21. The number of hydrogen-bond acceptors (Lipinski definition) is 2. The molecule has 18 heavy (non-hydrogen) atoms. The van der Waals surface area contributed by atoms with Crippen LogP contribution in [0.5, 0.6) is 0 Å². The van der Waals surface area contributed by atoms with Crippen molar-refractivity contribution in [1.82, 2.24) is 4.90 Å². The van der Waals surface area contributed by atoms with E-state index in [-0.39, 0.29) is 24.3 Å². The number of hydrogen-bond donors (Lipinski definition) is 1. The van der Waals surface area contributed by atoms with Crippen LogP contribution in [0.4, 0.5) is 0 Å². The summed E-state index contributed by atoms with van der Waals surface area (Å²) >= 11 is 0. The van der Waals surface area contributed by atoms with E-state index in [1.54, 1.807) is 11.0 Å². The van der Waals surface area contributed by atoms with Crippen LogP contribution in [0.3, 0.4) is 0 Å². The van der Waals surface area contributed by atoms with Gasteiger partial charge >= 0.3 is 5.97 Å². The Balaban J connectivity index is 2.25. The molecule has 1 amide bonds. The highest BCUT2D eigenvalue weighted by Crippen LogP contribution is 2.28. The molecule has 96 valence electrons. The third kappa shape index (κ3) is 2.23. The Labute approximate surface area is 106 Å². The molecule has 4 nitrogen and oxygen atoms in total. The maximum atomic E-state index is 12.3. The second-order valence-corrected chi connectivity index (χ2v) is 5.00. The summed E-state index contributed by atoms with van der Waals surface area (Å²) in [5.41, 5.74) is 1.69. The zero-order valence-corrected chi connectivity index (χ0v) is 10.6. The van der Waals surface area contributed by atoms with Crippen molar-refractivity contribution in [3.05, 3.63) is 35.4 Å². The van der Waals surface area contributed by atoms with E-state index in [2.05, 4.69) is 0 Å². The van der Waals surface area contributed by atoms with E-state index in [0.29, 0.717) is 12.1 Å². The Hall–Kier alpha value is -1.84. The Morgan fingerprint density at radius 1 is 1.39 bits per heavy atom. The highest BCUT2D eigenvalue weighted by Gasteiger charge is 2.34. The third-order valence-electron chi connectivity index (χ3n) is 3.40. The SMILES string of the molecule is CC(C)[C@H](CC(=O)O)N1Cc2ccccc2C1=O. The first-order valence-corrected chi connectivity index (χ1v) is 6.11. The summed E-state index contributed by atoms with van der Waals surface area (Å²) in [6.07, 6.45) is -0.00258. The fraction of sp³-hybridized carbons (Fsp3) is 0.429. The van der Waals surface area contributed by atoms with E-state index in [1.165, 1.54) is 0 Å². The van der Waals surface area contributed by atoms with Gasteiger partial charge in [0.1, 0.15) is 0 Å². The molecule has 0 saturated carbocycles. The molecule has 0 spiro atoms. The van der Waals surface area contributed by atoms with Gasteiger partial charge in [0.15, 0.2) is 0 Å². The minimum Gasteiger partial charge on any atom is -0.481 e. The second-order valence-electron chi connectivity index (χ2n) is 5.00. The van der Waals surface area contributed by atoms with Gasteiger partial charge in [0.05, 0.1) is 6.42 Å². The molecule has 4 heteroatoms. The van der Waals surface area contributed by atoms with Crippen molar-refractivity contribution in [3.8, 4) is 0 Å². The number of amides is 1. The monoisotopic (exact) mass is 247 g/mol. The van der Waals surface area contributed by atoms with Crippen molar-refractivity contribution in [1.29, 1.82) is 0 Å². The van der Waals surface area contributed by atoms with Crippen molar-refractivity contribution in [2.75, 3.05) is 0 Å². The van der Waals surface area contributed by atoms with Gasteiger partial charge in [0, 0.05) is 18.2 Å². The number of carboxylic acids is 1. The summed E-state index contributed by atoms with van der Waals surface area (Å²) < 4.78 is 0. The Morgan fingerprint density at radius 2 is 2.06 bits per heavy atom. The van der Waals surface area contributed by atoms with Crippen LogP contribution in [0.1, 0.15) is 36.2 Å². The normalized spacial score (nSPS) is 15.9. The molecule has 1 aliphatic heterocycles. The lowest BCUT2D eigenvalue weighted by atomic mass is 9.99. The van der Waals surface area contributed by atoms with Gasteiger partial charge in [-0.05, 0) is 17.5 Å². The molecule has 0 unspecified atom stereocenters. The van der Waals surface area contributed by atoms with E-state index in [9.17, 15) is 9.59 Å². The molecule has 1 aromatic rings. The number of aliphatic carboxylic acids is 1. The molecule has 0 aromatic heterocycles. The van der Waals surface area contributed by atoms with Gasteiger partial charge in [0.25, 0.3) is 5.91 Å². The summed E-state index contributed by atoms with van der Waals surface area (Å²) in [4.78, 5) is 24.9. The van der Waals surface area contributed by atoms with Gasteiger partial charge in [-0.2, -0.15) is 0 Å². The van der Waals surface area contributed by atoms with Crippen LogP contribution in [0.15, 0.2) is 24.3 Å². The van der Waals surface area contributed by atoms with Crippen molar-refractivity contribution < 1.29 is 14.7 Å².